The zero-order valence-corrected chi connectivity index (χ0v) is 10.4. The highest BCUT2D eigenvalue weighted by atomic mass is 31.2. The molecule has 108 valence electrons. The molecule has 0 spiro atoms. The minimum absolute atomic E-state index is 0.191. The van der Waals surface area contributed by atoms with Crippen LogP contribution in [-0.2, 0) is 13.8 Å². The van der Waals surface area contributed by atoms with Gasteiger partial charge in [0.2, 0.25) is 0 Å². The van der Waals surface area contributed by atoms with Crippen molar-refractivity contribution >= 4 is 13.6 Å². The third-order valence-corrected chi connectivity index (χ3v) is 3.17. The van der Waals surface area contributed by atoms with E-state index >= 15 is 0 Å². The summed E-state index contributed by atoms with van der Waals surface area (Å²) in [4.78, 5) is 24.4. The zero-order chi connectivity index (χ0) is 14.2. The van der Waals surface area contributed by atoms with E-state index in [1.807, 2.05) is 0 Å². The fourth-order valence-electron chi connectivity index (χ4n) is 1.79. The smallest absolute Gasteiger partial charge is 0.165 e. The quantitative estimate of drug-likeness (QED) is 0.488. The Balaban J connectivity index is 2.07. The molecule has 1 aromatic rings. The summed E-state index contributed by atoms with van der Waals surface area (Å²) in [6, 6.07) is 0. The summed E-state index contributed by atoms with van der Waals surface area (Å²) in [5.41, 5.74) is 5.57. The lowest BCUT2D eigenvalue weighted by Crippen LogP contribution is -2.34. The van der Waals surface area contributed by atoms with Crippen molar-refractivity contribution in [1.82, 2.24) is 9.55 Å². The second-order valence-corrected chi connectivity index (χ2v) is 5.17. The number of nitrogen functional groups attached to an aromatic ring is 1. The number of nitrogens with zero attached hydrogens (tertiary/aromatic N) is 2. The van der Waals surface area contributed by atoms with Gasteiger partial charge >= 0.3 is 0 Å². The number of rotatable bonds is 4. The molecule has 4 N–H and O–H groups in total. The number of hydrogen-bond donors (Lipinski definition) is 3. The summed E-state index contributed by atoms with van der Waals surface area (Å²) in [6.45, 7) is -0.687. The number of anilines is 1. The molecule has 1 aromatic heterocycles. The van der Waals surface area contributed by atoms with Crippen molar-refractivity contribution in [3.63, 3.8) is 0 Å². The van der Waals surface area contributed by atoms with Crippen LogP contribution >= 0.6 is 7.82 Å². The Labute approximate surface area is 107 Å². The van der Waals surface area contributed by atoms with Gasteiger partial charge in [-0.05, 0) is 0 Å². The van der Waals surface area contributed by atoms with Crippen LogP contribution in [0.15, 0.2) is 12.5 Å². The lowest BCUT2D eigenvalue weighted by atomic mass is 10.1. The SMILES string of the molecule is Nc1cncn1[C@@H]1O[C@H](COP(=O)([O-])[O-])[C@@H](O)[C@H]1O. The van der Waals surface area contributed by atoms with Crippen LogP contribution in [0, 0.1) is 0 Å². The van der Waals surface area contributed by atoms with Crippen LogP contribution in [0.2, 0.25) is 0 Å². The molecule has 1 aliphatic rings. The van der Waals surface area contributed by atoms with Gasteiger partial charge in [-0.25, -0.2) is 4.98 Å². The number of nitrogens with two attached hydrogens (primary N) is 1. The van der Waals surface area contributed by atoms with Crippen molar-refractivity contribution in [2.24, 2.45) is 0 Å². The highest BCUT2D eigenvalue weighted by molar-refractivity contribution is 7.43. The average Bonchev–Trinajstić information content (AvgIpc) is 2.83. The lowest BCUT2D eigenvalue weighted by molar-refractivity contribution is -0.343. The van der Waals surface area contributed by atoms with Crippen molar-refractivity contribution in [2.45, 2.75) is 24.5 Å². The van der Waals surface area contributed by atoms with Gasteiger partial charge in [0.15, 0.2) is 6.23 Å². The predicted octanol–water partition coefficient (Wildman–Crippen LogP) is -3.07. The van der Waals surface area contributed by atoms with Gasteiger partial charge in [0.25, 0.3) is 0 Å². The molecule has 0 aromatic carbocycles. The van der Waals surface area contributed by atoms with Gasteiger partial charge in [-0.15, -0.1) is 0 Å². The molecule has 2 heterocycles. The van der Waals surface area contributed by atoms with E-state index in [1.165, 1.54) is 17.1 Å². The molecule has 1 saturated heterocycles. The first kappa shape index (κ1) is 14.4. The largest absolute Gasteiger partial charge is 0.790 e. The molecule has 19 heavy (non-hydrogen) atoms. The van der Waals surface area contributed by atoms with Crippen LogP contribution < -0.4 is 15.5 Å². The van der Waals surface area contributed by atoms with Crippen LogP contribution in [0.4, 0.5) is 5.82 Å². The molecule has 0 saturated carbocycles. The van der Waals surface area contributed by atoms with Gasteiger partial charge in [-0.3, -0.25) is 4.57 Å². The molecule has 2 rings (SSSR count). The first-order valence-corrected chi connectivity index (χ1v) is 6.71. The molecular weight excluding hydrogens is 281 g/mol. The molecule has 0 aliphatic carbocycles. The normalized spacial score (nSPS) is 31.8. The third-order valence-electron chi connectivity index (χ3n) is 2.70. The minimum atomic E-state index is -5.17. The van der Waals surface area contributed by atoms with E-state index in [1.54, 1.807) is 0 Å². The minimum Gasteiger partial charge on any atom is -0.790 e. The third kappa shape index (κ3) is 3.12. The monoisotopic (exact) mass is 293 g/mol. The van der Waals surface area contributed by atoms with Gasteiger partial charge < -0.3 is 39.6 Å². The number of aliphatic hydroxyl groups excluding tert-OH is 2. The van der Waals surface area contributed by atoms with Crippen molar-refractivity contribution in [2.75, 3.05) is 12.3 Å². The topological polar surface area (TPSA) is 166 Å². The van der Waals surface area contributed by atoms with Gasteiger partial charge in [0.1, 0.15) is 24.1 Å². The van der Waals surface area contributed by atoms with Crippen LogP contribution in [-0.4, -0.2) is 44.7 Å². The van der Waals surface area contributed by atoms with E-state index in [9.17, 15) is 24.6 Å². The molecule has 0 amide bonds. The predicted molar refractivity (Wildman–Crippen MR) is 56.1 cm³/mol. The maximum atomic E-state index is 10.4. The average molecular weight is 293 g/mol. The first-order chi connectivity index (χ1) is 8.79. The molecular formula is C8H12N3O7P-2. The van der Waals surface area contributed by atoms with E-state index < -0.39 is 39.0 Å². The Morgan fingerprint density at radius 1 is 1.53 bits per heavy atom. The molecule has 1 fully saturated rings. The molecule has 0 bridgehead atoms. The van der Waals surface area contributed by atoms with Gasteiger partial charge in [-0.2, -0.15) is 0 Å². The zero-order valence-electron chi connectivity index (χ0n) is 9.53. The summed E-state index contributed by atoms with van der Waals surface area (Å²) in [5.74, 6) is 0.191. The van der Waals surface area contributed by atoms with Crippen molar-refractivity contribution in [1.29, 1.82) is 0 Å². The highest BCUT2D eigenvalue weighted by Crippen LogP contribution is 2.33. The van der Waals surface area contributed by atoms with E-state index in [4.69, 9.17) is 10.5 Å². The van der Waals surface area contributed by atoms with Gasteiger partial charge in [0, 0.05) is 0 Å². The summed E-state index contributed by atoms with van der Waals surface area (Å²) in [6.07, 6.45) is -2.39. The Bertz CT molecular complexity index is 488. The Morgan fingerprint density at radius 3 is 2.74 bits per heavy atom. The fourth-order valence-corrected chi connectivity index (χ4v) is 2.12. The molecule has 0 unspecified atom stereocenters. The molecule has 10 nitrogen and oxygen atoms in total. The molecule has 0 radical (unpaired) electrons. The van der Waals surface area contributed by atoms with Gasteiger partial charge in [0.05, 0.1) is 27.0 Å². The van der Waals surface area contributed by atoms with Gasteiger partial charge in [-0.1, -0.05) is 0 Å². The van der Waals surface area contributed by atoms with Crippen LogP contribution in [0.3, 0.4) is 0 Å². The molecule has 11 heteroatoms. The fraction of sp³-hybridized carbons (Fsp3) is 0.625. The van der Waals surface area contributed by atoms with E-state index in [0.29, 0.717) is 0 Å². The van der Waals surface area contributed by atoms with Crippen molar-refractivity contribution in [3.8, 4) is 0 Å². The number of hydrogen-bond acceptors (Lipinski definition) is 9. The number of aliphatic hydroxyl groups is 2. The van der Waals surface area contributed by atoms with Crippen molar-refractivity contribution < 1.29 is 33.8 Å². The highest BCUT2D eigenvalue weighted by Gasteiger charge is 2.44. The number of ether oxygens (including phenoxy) is 1. The second kappa shape index (κ2) is 5.17. The lowest BCUT2D eigenvalue weighted by Gasteiger charge is -2.30. The molecule has 1 aliphatic heterocycles. The number of aromatic nitrogens is 2. The maximum absolute atomic E-state index is 10.4. The summed E-state index contributed by atoms with van der Waals surface area (Å²) >= 11 is 0. The van der Waals surface area contributed by atoms with Crippen LogP contribution in [0.5, 0.6) is 0 Å². The first-order valence-electron chi connectivity index (χ1n) is 5.25. The van der Waals surface area contributed by atoms with E-state index in [2.05, 4.69) is 9.51 Å². The maximum Gasteiger partial charge on any atom is 0.165 e. The number of phosphoric ester groups is 1. The molecule has 4 atom stereocenters. The summed E-state index contributed by atoms with van der Waals surface area (Å²) in [5, 5.41) is 19.5. The Morgan fingerprint density at radius 2 is 2.21 bits per heavy atom. The van der Waals surface area contributed by atoms with Crippen LogP contribution in [0.1, 0.15) is 6.23 Å². The van der Waals surface area contributed by atoms with Crippen molar-refractivity contribution in [3.05, 3.63) is 12.5 Å². The Hall–Kier alpha value is -1.00. The van der Waals surface area contributed by atoms with Crippen LogP contribution in [0.25, 0.3) is 0 Å². The number of imidazole rings is 1. The Kier molecular flexibility index (Phi) is 3.92. The summed E-state index contributed by atoms with van der Waals surface area (Å²) < 4.78 is 20.9. The van der Waals surface area contributed by atoms with E-state index in [-0.39, 0.29) is 5.82 Å². The van der Waals surface area contributed by atoms with E-state index in [0.717, 1.165) is 0 Å². The standard InChI is InChI=1S/C8H14N3O7P/c9-5-1-10-3-11(5)8-7(13)6(12)4(18-8)2-17-19(14,15)16/h1,3-4,6-8,12-13H,2,9H2,(H2,14,15,16)/p-2/t4-,6-,7-,8-/m1/s1. The second-order valence-electron chi connectivity index (χ2n) is 4.02. The number of phosphoric acid groups is 1. The summed E-state index contributed by atoms with van der Waals surface area (Å²) in [7, 11) is -5.17.